The third-order valence-corrected chi connectivity index (χ3v) is 3.62. The molecule has 0 unspecified atom stereocenters. The smallest absolute Gasteiger partial charge is 0.255 e. The van der Waals surface area contributed by atoms with Crippen LogP contribution in [0.3, 0.4) is 0 Å². The van der Waals surface area contributed by atoms with Crippen LogP contribution >= 0.6 is 0 Å². The van der Waals surface area contributed by atoms with Crippen molar-refractivity contribution < 1.29 is 9.59 Å². The van der Waals surface area contributed by atoms with Gasteiger partial charge in [0.2, 0.25) is 0 Å². The second-order valence-electron chi connectivity index (χ2n) is 5.44. The molecule has 3 aromatic rings. The number of aromatic nitrogens is 1. The first-order chi connectivity index (χ1) is 12.2. The molecule has 0 saturated heterocycles. The van der Waals surface area contributed by atoms with Crippen molar-refractivity contribution in [3.8, 4) is 0 Å². The summed E-state index contributed by atoms with van der Waals surface area (Å²) in [5.41, 5.74) is 2.73. The predicted octanol–water partition coefficient (Wildman–Crippen LogP) is 3.26. The number of anilines is 1. The molecule has 0 aliphatic heterocycles. The number of hydrogen-bond acceptors (Lipinski definition) is 3. The van der Waals surface area contributed by atoms with Crippen LogP contribution in [-0.4, -0.2) is 16.8 Å². The third kappa shape index (κ3) is 4.51. The molecule has 0 spiro atoms. The predicted molar refractivity (Wildman–Crippen MR) is 96.2 cm³/mol. The van der Waals surface area contributed by atoms with Gasteiger partial charge in [-0.1, -0.05) is 30.3 Å². The van der Waals surface area contributed by atoms with Crippen molar-refractivity contribution in [1.82, 2.24) is 10.3 Å². The summed E-state index contributed by atoms with van der Waals surface area (Å²) in [5.74, 6) is -0.334. The molecule has 2 aromatic carbocycles. The van der Waals surface area contributed by atoms with Crippen molar-refractivity contribution in [1.29, 1.82) is 0 Å². The molecule has 25 heavy (non-hydrogen) atoms. The number of carbonyl (C=O) groups is 2. The lowest BCUT2D eigenvalue weighted by atomic mass is 10.1. The number of hydrogen-bond donors (Lipinski definition) is 2. The fourth-order valence-corrected chi connectivity index (χ4v) is 2.34. The average Bonchev–Trinajstić information content (AvgIpc) is 2.68. The van der Waals surface area contributed by atoms with Crippen LogP contribution in [0.15, 0.2) is 79.1 Å². The second kappa shape index (κ2) is 7.88. The number of carbonyl (C=O) groups excluding carboxylic acids is 2. The minimum absolute atomic E-state index is 0.133. The quantitative estimate of drug-likeness (QED) is 0.754. The van der Waals surface area contributed by atoms with Crippen LogP contribution in [0, 0.1) is 0 Å². The Morgan fingerprint density at radius 2 is 1.52 bits per heavy atom. The summed E-state index contributed by atoms with van der Waals surface area (Å²) in [5, 5.41) is 5.71. The van der Waals surface area contributed by atoms with Gasteiger partial charge in [-0.05, 0) is 42.0 Å². The van der Waals surface area contributed by atoms with E-state index in [0.29, 0.717) is 23.4 Å². The van der Waals surface area contributed by atoms with E-state index in [2.05, 4.69) is 15.6 Å². The fraction of sp³-hybridized carbons (Fsp3) is 0.0500. The SMILES string of the molecule is O=C(NCc1cccc(NC(=O)c2ccncc2)c1)c1ccccc1. The van der Waals surface area contributed by atoms with Gasteiger partial charge in [-0.15, -0.1) is 0 Å². The van der Waals surface area contributed by atoms with Gasteiger partial charge >= 0.3 is 0 Å². The first-order valence-corrected chi connectivity index (χ1v) is 7.86. The molecule has 1 aromatic heterocycles. The number of pyridine rings is 1. The van der Waals surface area contributed by atoms with Crippen molar-refractivity contribution in [2.45, 2.75) is 6.54 Å². The van der Waals surface area contributed by atoms with E-state index in [4.69, 9.17) is 0 Å². The maximum absolute atomic E-state index is 12.2. The van der Waals surface area contributed by atoms with Crippen LogP contribution < -0.4 is 10.6 Å². The van der Waals surface area contributed by atoms with Gasteiger partial charge in [-0.2, -0.15) is 0 Å². The van der Waals surface area contributed by atoms with Gasteiger partial charge in [0.1, 0.15) is 0 Å². The van der Waals surface area contributed by atoms with Crippen molar-refractivity contribution in [2.24, 2.45) is 0 Å². The molecule has 2 amide bonds. The molecular formula is C20H17N3O2. The Bertz CT molecular complexity index is 864. The lowest BCUT2D eigenvalue weighted by Gasteiger charge is -2.09. The zero-order valence-corrected chi connectivity index (χ0v) is 13.5. The van der Waals surface area contributed by atoms with Gasteiger partial charge in [0.15, 0.2) is 0 Å². The normalized spacial score (nSPS) is 10.1. The summed E-state index contributed by atoms with van der Waals surface area (Å²) < 4.78 is 0. The van der Waals surface area contributed by atoms with E-state index in [1.165, 1.54) is 0 Å². The maximum atomic E-state index is 12.2. The standard InChI is InChI=1S/C20H17N3O2/c24-19(16-6-2-1-3-7-16)22-14-15-5-4-8-18(13-15)23-20(25)17-9-11-21-12-10-17/h1-13H,14H2,(H,22,24)(H,23,25). The van der Waals surface area contributed by atoms with E-state index >= 15 is 0 Å². The first-order valence-electron chi connectivity index (χ1n) is 7.86. The van der Waals surface area contributed by atoms with Gasteiger partial charge in [-0.3, -0.25) is 14.6 Å². The molecule has 0 aliphatic rings. The van der Waals surface area contributed by atoms with Crippen molar-refractivity contribution in [3.05, 3.63) is 95.8 Å². The van der Waals surface area contributed by atoms with Crippen molar-refractivity contribution >= 4 is 17.5 Å². The highest BCUT2D eigenvalue weighted by atomic mass is 16.2. The van der Waals surface area contributed by atoms with E-state index in [1.54, 1.807) is 36.7 Å². The van der Waals surface area contributed by atoms with Gasteiger partial charge in [-0.25, -0.2) is 0 Å². The molecule has 0 radical (unpaired) electrons. The number of nitrogens with zero attached hydrogens (tertiary/aromatic N) is 1. The second-order valence-corrected chi connectivity index (χ2v) is 5.44. The highest BCUT2D eigenvalue weighted by Crippen LogP contribution is 2.12. The van der Waals surface area contributed by atoms with E-state index < -0.39 is 0 Å². The molecule has 0 atom stereocenters. The zero-order valence-electron chi connectivity index (χ0n) is 13.5. The molecule has 124 valence electrons. The minimum Gasteiger partial charge on any atom is -0.348 e. The summed E-state index contributed by atoms with van der Waals surface area (Å²) in [7, 11) is 0. The maximum Gasteiger partial charge on any atom is 0.255 e. The van der Waals surface area contributed by atoms with Crippen LogP contribution in [0.4, 0.5) is 5.69 Å². The van der Waals surface area contributed by atoms with Crippen LogP contribution in [-0.2, 0) is 6.54 Å². The van der Waals surface area contributed by atoms with Crippen LogP contribution in [0.2, 0.25) is 0 Å². The molecule has 2 N–H and O–H groups in total. The average molecular weight is 331 g/mol. The van der Waals surface area contributed by atoms with Crippen LogP contribution in [0.25, 0.3) is 0 Å². The molecule has 5 nitrogen and oxygen atoms in total. The summed E-state index contributed by atoms with van der Waals surface area (Å²) in [6.45, 7) is 0.382. The minimum atomic E-state index is -0.201. The number of benzene rings is 2. The molecule has 0 fully saturated rings. The molecule has 0 saturated carbocycles. The fourth-order valence-electron chi connectivity index (χ4n) is 2.34. The van der Waals surface area contributed by atoms with E-state index in [1.807, 2.05) is 42.5 Å². The highest BCUT2D eigenvalue weighted by molar-refractivity contribution is 6.04. The van der Waals surface area contributed by atoms with Gasteiger partial charge in [0, 0.05) is 35.8 Å². The Morgan fingerprint density at radius 3 is 2.28 bits per heavy atom. The lowest BCUT2D eigenvalue weighted by Crippen LogP contribution is -2.22. The monoisotopic (exact) mass is 331 g/mol. The van der Waals surface area contributed by atoms with Gasteiger partial charge in [0.05, 0.1) is 0 Å². The van der Waals surface area contributed by atoms with E-state index in [0.717, 1.165) is 5.56 Å². The largest absolute Gasteiger partial charge is 0.348 e. The van der Waals surface area contributed by atoms with Gasteiger partial charge < -0.3 is 10.6 Å². The Kier molecular flexibility index (Phi) is 5.16. The van der Waals surface area contributed by atoms with Crippen molar-refractivity contribution in [2.75, 3.05) is 5.32 Å². The zero-order chi connectivity index (χ0) is 17.5. The van der Waals surface area contributed by atoms with Gasteiger partial charge in [0.25, 0.3) is 11.8 Å². The molecule has 3 rings (SSSR count). The number of nitrogens with one attached hydrogen (secondary N) is 2. The van der Waals surface area contributed by atoms with Crippen molar-refractivity contribution in [3.63, 3.8) is 0 Å². The van der Waals surface area contributed by atoms with E-state index in [9.17, 15) is 9.59 Å². The summed E-state index contributed by atoms with van der Waals surface area (Å²) in [6, 6.07) is 19.7. The Balaban J connectivity index is 1.62. The lowest BCUT2D eigenvalue weighted by molar-refractivity contribution is 0.0950. The molecule has 0 bridgehead atoms. The summed E-state index contributed by atoms with van der Waals surface area (Å²) >= 11 is 0. The first kappa shape index (κ1) is 16.4. The Morgan fingerprint density at radius 1 is 0.800 bits per heavy atom. The van der Waals surface area contributed by atoms with Crippen LogP contribution in [0.5, 0.6) is 0 Å². The van der Waals surface area contributed by atoms with E-state index in [-0.39, 0.29) is 11.8 Å². The summed E-state index contributed by atoms with van der Waals surface area (Å²) in [6.07, 6.45) is 3.15. The topological polar surface area (TPSA) is 71.1 Å². The molecule has 1 heterocycles. The molecule has 5 heteroatoms. The van der Waals surface area contributed by atoms with Crippen LogP contribution in [0.1, 0.15) is 26.3 Å². The third-order valence-electron chi connectivity index (χ3n) is 3.62. The number of amides is 2. The Hall–Kier alpha value is -3.47. The molecular weight excluding hydrogens is 314 g/mol. The highest BCUT2D eigenvalue weighted by Gasteiger charge is 2.07. The summed E-state index contributed by atoms with van der Waals surface area (Å²) in [4.78, 5) is 28.1. The molecule has 0 aliphatic carbocycles. The number of rotatable bonds is 5. The Labute approximate surface area is 145 Å².